The third kappa shape index (κ3) is 5.32. The summed E-state index contributed by atoms with van der Waals surface area (Å²) in [6.45, 7) is 2.10. The SMILES string of the molecule is CCCCCCCC(=O)Nc1cc(F)c(F)c(F)c1. The predicted octanol–water partition coefficient (Wildman–Crippen LogP) is 4.40. The number of hydrogen-bond donors (Lipinski definition) is 1. The first-order valence-corrected chi connectivity index (χ1v) is 6.49. The zero-order valence-corrected chi connectivity index (χ0v) is 10.9. The van der Waals surface area contributed by atoms with Gasteiger partial charge in [-0.1, -0.05) is 32.6 Å². The van der Waals surface area contributed by atoms with Crippen molar-refractivity contribution in [3.05, 3.63) is 29.6 Å². The molecule has 5 heteroatoms. The van der Waals surface area contributed by atoms with E-state index in [2.05, 4.69) is 12.2 Å². The summed E-state index contributed by atoms with van der Waals surface area (Å²) in [7, 11) is 0. The van der Waals surface area contributed by atoms with Crippen molar-refractivity contribution in [3.8, 4) is 0 Å². The molecular formula is C14H18F3NO. The molecule has 1 aromatic carbocycles. The van der Waals surface area contributed by atoms with E-state index in [1.807, 2.05) is 0 Å². The van der Waals surface area contributed by atoms with Gasteiger partial charge in [0.05, 0.1) is 0 Å². The number of anilines is 1. The van der Waals surface area contributed by atoms with Crippen molar-refractivity contribution in [2.24, 2.45) is 0 Å². The summed E-state index contributed by atoms with van der Waals surface area (Å²) in [5, 5.41) is 2.36. The minimum atomic E-state index is -1.53. The maximum absolute atomic E-state index is 12.9. The number of carbonyl (C=O) groups is 1. The maximum Gasteiger partial charge on any atom is 0.224 e. The molecule has 0 saturated heterocycles. The van der Waals surface area contributed by atoms with Crippen LogP contribution in [0.1, 0.15) is 45.4 Å². The molecule has 0 aliphatic heterocycles. The third-order valence-electron chi connectivity index (χ3n) is 2.77. The molecule has 1 amide bonds. The number of hydrogen-bond acceptors (Lipinski definition) is 1. The monoisotopic (exact) mass is 273 g/mol. The van der Waals surface area contributed by atoms with Gasteiger partial charge in [-0.25, -0.2) is 13.2 Å². The fourth-order valence-electron chi connectivity index (χ4n) is 1.74. The first-order valence-electron chi connectivity index (χ1n) is 6.49. The Hall–Kier alpha value is -1.52. The van der Waals surface area contributed by atoms with Crippen LogP contribution in [0, 0.1) is 17.5 Å². The highest BCUT2D eigenvalue weighted by Crippen LogP contribution is 2.17. The largest absolute Gasteiger partial charge is 0.326 e. The molecule has 0 bridgehead atoms. The van der Waals surface area contributed by atoms with Crippen molar-refractivity contribution in [3.63, 3.8) is 0 Å². The molecule has 1 aromatic rings. The number of benzene rings is 1. The molecule has 1 rings (SSSR count). The second kappa shape index (κ2) is 7.81. The van der Waals surface area contributed by atoms with Gasteiger partial charge in [0.25, 0.3) is 0 Å². The fraction of sp³-hybridized carbons (Fsp3) is 0.500. The van der Waals surface area contributed by atoms with Gasteiger partial charge in [0.1, 0.15) is 0 Å². The molecule has 0 fully saturated rings. The van der Waals surface area contributed by atoms with E-state index in [9.17, 15) is 18.0 Å². The van der Waals surface area contributed by atoms with Gasteiger partial charge in [0.15, 0.2) is 17.5 Å². The van der Waals surface area contributed by atoms with Gasteiger partial charge in [0.2, 0.25) is 5.91 Å². The smallest absolute Gasteiger partial charge is 0.224 e. The lowest BCUT2D eigenvalue weighted by Gasteiger charge is -2.06. The third-order valence-corrected chi connectivity index (χ3v) is 2.77. The highest BCUT2D eigenvalue weighted by atomic mass is 19.2. The van der Waals surface area contributed by atoms with Crippen LogP contribution in [0.4, 0.5) is 18.9 Å². The standard InChI is InChI=1S/C14H18F3NO/c1-2-3-4-5-6-7-13(19)18-10-8-11(15)14(17)12(16)9-10/h8-9H,2-7H2,1H3,(H,18,19). The van der Waals surface area contributed by atoms with Crippen molar-refractivity contribution >= 4 is 11.6 Å². The van der Waals surface area contributed by atoms with E-state index in [0.717, 1.165) is 44.2 Å². The van der Waals surface area contributed by atoms with Gasteiger partial charge in [-0.15, -0.1) is 0 Å². The minimum Gasteiger partial charge on any atom is -0.326 e. The number of rotatable bonds is 7. The summed E-state index contributed by atoms with van der Waals surface area (Å²) >= 11 is 0. The van der Waals surface area contributed by atoms with Crippen LogP contribution in [0.3, 0.4) is 0 Å². The van der Waals surface area contributed by atoms with Crippen LogP contribution in [0.2, 0.25) is 0 Å². The molecule has 1 N–H and O–H groups in total. The van der Waals surface area contributed by atoms with Crippen LogP contribution in [0.25, 0.3) is 0 Å². The molecule has 0 spiro atoms. The predicted molar refractivity (Wildman–Crippen MR) is 68.3 cm³/mol. The van der Waals surface area contributed by atoms with E-state index < -0.39 is 17.5 Å². The number of carbonyl (C=O) groups excluding carboxylic acids is 1. The normalized spacial score (nSPS) is 10.5. The van der Waals surface area contributed by atoms with Crippen LogP contribution in [-0.2, 0) is 4.79 Å². The Morgan fingerprint density at radius 1 is 1.05 bits per heavy atom. The summed E-state index contributed by atoms with van der Waals surface area (Å²) in [4.78, 5) is 11.5. The zero-order valence-electron chi connectivity index (χ0n) is 10.9. The molecule has 0 aromatic heterocycles. The molecule has 0 radical (unpaired) electrons. The highest BCUT2D eigenvalue weighted by Gasteiger charge is 2.11. The van der Waals surface area contributed by atoms with Crippen LogP contribution < -0.4 is 5.32 Å². The fourth-order valence-corrected chi connectivity index (χ4v) is 1.74. The van der Waals surface area contributed by atoms with Crippen LogP contribution in [0.15, 0.2) is 12.1 Å². The highest BCUT2D eigenvalue weighted by molar-refractivity contribution is 5.90. The Balaban J connectivity index is 2.40. The van der Waals surface area contributed by atoms with Crippen LogP contribution in [0.5, 0.6) is 0 Å². The van der Waals surface area contributed by atoms with Gasteiger partial charge in [-0.05, 0) is 6.42 Å². The molecule has 106 valence electrons. The van der Waals surface area contributed by atoms with Crippen molar-refractivity contribution < 1.29 is 18.0 Å². The van der Waals surface area contributed by atoms with Gasteiger partial charge in [-0.3, -0.25) is 4.79 Å². The molecule has 0 unspecified atom stereocenters. The van der Waals surface area contributed by atoms with Crippen LogP contribution >= 0.6 is 0 Å². The van der Waals surface area contributed by atoms with Gasteiger partial charge in [-0.2, -0.15) is 0 Å². The lowest BCUT2D eigenvalue weighted by atomic mass is 10.1. The number of halogens is 3. The van der Waals surface area contributed by atoms with Crippen molar-refractivity contribution in [1.82, 2.24) is 0 Å². The summed E-state index contributed by atoms with van der Waals surface area (Å²) in [5.41, 5.74) is -0.0602. The average molecular weight is 273 g/mol. The maximum atomic E-state index is 12.9. The second-order valence-corrected chi connectivity index (χ2v) is 4.47. The van der Waals surface area contributed by atoms with E-state index >= 15 is 0 Å². The molecule has 0 heterocycles. The zero-order chi connectivity index (χ0) is 14.3. The average Bonchev–Trinajstić information content (AvgIpc) is 2.35. The van der Waals surface area contributed by atoms with Crippen molar-refractivity contribution in [2.45, 2.75) is 45.4 Å². The van der Waals surface area contributed by atoms with E-state index in [1.165, 1.54) is 0 Å². The molecular weight excluding hydrogens is 255 g/mol. The summed E-state index contributed by atoms with van der Waals surface area (Å²) in [6.07, 6.45) is 5.32. The summed E-state index contributed by atoms with van der Waals surface area (Å²) in [6, 6.07) is 1.54. The quantitative estimate of drug-likeness (QED) is 0.579. The van der Waals surface area contributed by atoms with Gasteiger partial charge in [0, 0.05) is 24.2 Å². The van der Waals surface area contributed by atoms with E-state index in [1.54, 1.807) is 0 Å². The molecule has 2 nitrogen and oxygen atoms in total. The molecule has 0 aliphatic rings. The Kier molecular flexibility index (Phi) is 6.39. The van der Waals surface area contributed by atoms with E-state index in [-0.39, 0.29) is 11.6 Å². The molecule has 0 aliphatic carbocycles. The van der Waals surface area contributed by atoms with Crippen molar-refractivity contribution in [2.75, 3.05) is 5.32 Å². The number of amides is 1. The number of unbranched alkanes of at least 4 members (excludes halogenated alkanes) is 4. The first kappa shape index (κ1) is 15.5. The molecule has 19 heavy (non-hydrogen) atoms. The van der Waals surface area contributed by atoms with E-state index in [4.69, 9.17) is 0 Å². The van der Waals surface area contributed by atoms with Crippen molar-refractivity contribution in [1.29, 1.82) is 0 Å². The Labute approximate surface area is 111 Å². The number of nitrogens with one attached hydrogen (secondary N) is 1. The Bertz CT molecular complexity index is 412. The second-order valence-electron chi connectivity index (χ2n) is 4.47. The van der Waals surface area contributed by atoms with Gasteiger partial charge < -0.3 is 5.32 Å². The lowest BCUT2D eigenvalue weighted by molar-refractivity contribution is -0.116. The van der Waals surface area contributed by atoms with Crippen LogP contribution in [-0.4, -0.2) is 5.91 Å². The minimum absolute atomic E-state index is 0.0602. The topological polar surface area (TPSA) is 29.1 Å². The van der Waals surface area contributed by atoms with Gasteiger partial charge >= 0.3 is 0 Å². The first-order chi connectivity index (χ1) is 9.04. The summed E-state index contributed by atoms with van der Waals surface area (Å²) in [5.74, 6) is -4.46. The Morgan fingerprint density at radius 3 is 2.21 bits per heavy atom. The Morgan fingerprint density at radius 2 is 1.63 bits per heavy atom. The van der Waals surface area contributed by atoms with E-state index in [0.29, 0.717) is 6.42 Å². The summed E-state index contributed by atoms with van der Waals surface area (Å²) < 4.78 is 38.5. The molecule has 0 atom stereocenters. The molecule has 0 saturated carbocycles. The lowest BCUT2D eigenvalue weighted by Crippen LogP contribution is -2.12.